The maximum atomic E-state index is 5.80. The summed E-state index contributed by atoms with van der Waals surface area (Å²) < 4.78 is 11.0. The number of nitrogens with two attached hydrogens (primary N) is 1. The molecule has 4 nitrogen and oxygen atoms in total. The fraction of sp³-hybridized carbons (Fsp3) is 0.600. The highest BCUT2D eigenvalue weighted by Crippen LogP contribution is 2.26. The Hall–Kier alpha value is -1.10. The quantitative estimate of drug-likeness (QED) is 0.873. The van der Waals surface area contributed by atoms with Crippen molar-refractivity contribution in [2.75, 3.05) is 39.5 Å². The molecule has 2 N–H and O–H groups in total. The van der Waals surface area contributed by atoms with Gasteiger partial charge in [0.05, 0.1) is 19.8 Å². The van der Waals surface area contributed by atoms with Crippen molar-refractivity contribution in [3.63, 3.8) is 0 Å². The van der Waals surface area contributed by atoms with Gasteiger partial charge in [-0.15, -0.1) is 0 Å². The minimum absolute atomic E-state index is 0.381. The topological polar surface area (TPSA) is 47.7 Å². The Balaban J connectivity index is 1.59. The fourth-order valence-electron chi connectivity index (χ4n) is 2.87. The Morgan fingerprint density at radius 3 is 3.16 bits per heavy atom. The van der Waals surface area contributed by atoms with Crippen molar-refractivity contribution in [1.82, 2.24) is 4.90 Å². The van der Waals surface area contributed by atoms with Gasteiger partial charge in [-0.2, -0.15) is 0 Å². The molecule has 1 aromatic carbocycles. The van der Waals surface area contributed by atoms with Gasteiger partial charge in [0.15, 0.2) is 0 Å². The number of rotatable bonds is 4. The first kappa shape index (κ1) is 12.9. The molecule has 0 radical (unpaired) electrons. The lowest BCUT2D eigenvalue weighted by molar-refractivity contribution is -0.00319. The zero-order valence-electron chi connectivity index (χ0n) is 11.3. The summed E-state index contributed by atoms with van der Waals surface area (Å²) in [7, 11) is 0. The number of benzene rings is 1. The molecule has 104 valence electrons. The van der Waals surface area contributed by atoms with Gasteiger partial charge in [0.1, 0.15) is 5.75 Å². The smallest absolute Gasteiger partial charge is 0.122 e. The van der Waals surface area contributed by atoms with Crippen molar-refractivity contribution in [2.24, 2.45) is 5.73 Å². The lowest BCUT2D eigenvalue weighted by atomic mass is 10.1. The van der Waals surface area contributed by atoms with Crippen LogP contribution in [0.3, 0.4) is 0 Å². The maximum Gasteiger partial charge on any atom is 0.122 e. The number of hydrogen-bond acceptors (Lipinski definition) is 4. The Morgan fingerprint density at radius 2 is 2.26 bits per heavy atom. The van der Waals surface area contributed by atoms with E-state index < -0.39 is 0 Å². The van der Waals surface area contributed by atoms with Gasteiger partial charge in [-0.3, -0.25) is 4.90 Å². The lowest BCUT2D eigenvalue weighted by Crippen LogP contribution is -2.49. The predicted molar refractivity (Wildman–Crippen MR) is 74.6 cm³/mol. The van der Waals surface area contributed by atoms with E-state index in [0.717, 1.165) is 51.5 Å². The standard InChI is InChI=1S/C15H22N2O2/c16-10-14-11-18-8-6-17(14)5-3-12-1-2-15-13(9-12)4-7-19-15/h1-2,9,14H,3-8,10-11,16H2. The van der Waals surface area contributed by atoms with E-state index in [1.807, 2.05) is 0 Å². The van der Waals surface area contributed by atoms with Gasteiger partial charge in [-0.1, -0.05) is 12.1 Å². The van der Waals surface area contributed by atoms with Crippen molar-refractivity contribution >= 4 is 0 Å². The third-order valence-corrected chi connectivity index (χ3v) is 4.06. The van der Waals surface area contributed by atoms with Crippen LogP contribution in [0.5, 0.6) is 5.75 Å². The van der Waals surface area contributed by atoms with Crippen LogP contribution >= 0.6 is 0 Å². The summed E-state index contributed by atoms with van der Waals surface area (Å²) in [4.78, 5) is 2.45. The van der Waals surface area contributed by atoms with Crippen molar-refractivity contribution < 1.29 is 9.47 Å². The molecule has 1 atom stereocenters. The largest absolute Gasteiger partial charge is 0.493 e. The van der Waals surface area contributed by atoms with E-state index in [9.17, 15) is 0 Å². The molecule has 0 saturated carbocycles. The molecule has 0 bridgehead atoms. The normalized spacial score (nSPS) is 23.1. The number of ether oxygens (including phenoxy) is 2. The SMILES string of the molecule is NCC1COCCN1CCc1ccc2c(c1)CCO2. The highest BCUT2D eigenvalue weighted by molar-refractivity contribution is 5.39. The molecule has 0 spiro atoms. The fourth-order valence-corrected chi connectivity index (χ4v) is 2.87. The zero-order valence-corrected chi connectivity index (χ0v) is 11.3. The van der Waals surface area contributed by atoms with Gasteiger partial charge < -0.3 is 15.2 Å². The first-order valence-corrected chi connectivity index (χ1v) is 7.13. The van der Waals surface area contributed by atoms with Gasteiger partial charge in [-0.25, -0.2) is 0 Å². The van der Waals surface area contributed by atoms with Crippen LogP contribution in [0.4, 0.5) is 0 Å². The molecular formula is C15H22N2O2. The zero-order chi connectivity index (χ0) is 13.1. The molecule has 0 aromatic heterocycles. The first-order valence-electron chi connectivity index (χ1n) is 7.13. The molecule has 1 unspecified atom stereocenters. The van der Waals surface area contributed by atoms with Crippen LogP contribution in [0.25, 0.3) is 0 Å². The second-order valence-corrected chi connectivity index (χ2v) is 5.29. The Kier molecular flexibility index (Phi) is 4.01. The van der Waals surface area contributed by atoms with Crippen molar-refractivity contribution in [3.8, 4) is 5.75 Å². The second kappa shape index (κ2) is 5.90. The highest BCUT2D eigenvalue weighted by atomic mass is 16.5. The summed E-state index contributed by atoms with van der Waals surface area (Å²) in [5, 5.41) is 0. The minimum atomic E-state index is 0.381. The number of hydrogen-bond donors (Lipinski definition) is 1. The van der Waals surface area contributed by atoms with Crippen LogP contribution in [0.15, 0.2) is 18.2 Å². The third-order valence-electron chi connectivity index (χ3n) is 4.06. The van der Waals surface area contributed by atoms with Crippen molar-refractivity contribution in [1.29, 1.82) is 0 Å². The van der Waals surface area contributed by atoms with E-state index >= 15 is 0 Å². The van der Waals surface area contributed by atoms with E-state index in [0.29, 0.717) is 12.6 Å². The van der Waals surface area contributed by atoms with Crippen molar-refractivity contribution in [2.45, 2.75) is 18.9 Å². The van der Waals surface area contributed by atoms with Gasteiger partial charge in [-0.05, 0) is 23.6 Å². The molecule has 1 aromatic rings. The van der Waals surface area contributed by atoms with Gasteiger partial charge in [0, 0.05) is 32.1 Å². The van der Waals surface area contributed by atoms with Crippen LogP contribution in [-0.4, -0.2) is 50.4 Å². The minimum Gasteiger partial charge on any atom is -0.493 e. The summed E-state index contributed by atoms with van der Waals surface area (Å²) in [6.45, 7) is 5.17. The number of morpholine rings is 1. The van der Waals surface area contributed by atoms with E-state index in [-0.39, 0.29) is 0 Å². The van der Waals surface area contributed by atoms with Crippen molar-refractivity contribution in [3.05, 3.63) is 29.3 Å². The summed E-state index contributed by atoms with van der Waals surface area (Å²) in [5.41, 5.74) is 8.55. The Morgan fingerprint density at radius 1 is 1.32 bits per heavy atom. The van der Waals surface area contributed by atoms with E-state index in [2.05, 4.69) is 23.1 Å². The average molecular weight is 262 g/mol. The van der Waals surface area contributed by atoms with Gasteiger partial charge >= 0.3 is 0 Å². The molecule has 2 aliphatic rings. The monoisotopic (exact) mass is 262 g/mol. The molecule has 0 amide bonds. The van der Waals surface area contributed by atoms with Gasteiger partial charge in [0.2, 0.25) is 0 Å². The van der Waals surface area contributed by atoms with Crippen LogP contribution in [0, 0.1) is 0 Å². The van der Waals surface area contributed by atoms with Crippen LogP contribution < -0.4 is 10.5 Å². The molecule has 0 aliphatic carbocycles. The Bertz CT molecular complexity index is 436. The summed E-state index contributed by atoms with van der Waals surface area (Å²) in [6.07, 6.45) is 2.12. The van der Waals surface area contributed by atoms with Crippen LogP contribution in [0.1, 0.15) is 11.1 Å². The first-order chi connectivity index (χ1) is 9.36. The molecule has 3 rings (SSSR count). The summed E-state index contributed by atoms with van der Waals surface area (Å²) in [6, 6.07) is 6.96. The van der Waals surface area contributed by atoms with Crippen LogP contribution in [0.2, 0.25) is 0 Å². The van der Waals surface area contributed by atoms with Crippen LogP contribution in [-0.2, 0) is 17.6 Å². The number of nitrogens with zero attached hydrogens (tertiary/aromatic N) is 1. The maximum absolute atomic E-state index is 5.80. The van der Waals surface area contributed by atoms with E-state index in [4.69, 9.17) is 15.2 Å². The lowest BCUT2D eigenvalue weighted by Gasteiger charge is -2.34. The summed E-state index contributed by atoms with van der Waals surface area (Å²) in [5.74, 6) is 1.06. The molecule has 2 heterocycles. The summed E-state index contributed by atoms with van der Waals surface area (Å²) >= 11 is 0. The number of fused-ring (bicyclic) bond motifs is 1. The molecule has 1 fully saturated rings. The van der Waals surface area contributed by atoms with E-state index in [1.165, 1.54) is 11.1 Å². The second-order valence-electron chi connectivity index (χ2n) is 5.29. The molecular weight excluding hydrogens is 240 g/mol. The molecule has 2 aliphatic heterocycles. The highest BCUT2D eigenvalue weighted by Gasteiger charge is 2.21. The Labute approximate surface area is 114 Å². The predicted octanol–water partition coefficient (Wildman–Crippen LogP) is 0.823. The van der Waals surface area contributed by atoms with E-state index in [1.54, 1.807) is 0 Å². The van der Waals surface area contributed by atoms with Gasteiger partial charge in [0.25, 0.3) is 0 Å². The third kappa shape index (κ3) is 2.91. The average Bonchev–Trinajstić information content (AvgIpc) is 2.93. The molecule has 19 heavy (non-hydrogen) atoms. The molecule has 4 heteroatoms. The molecule has 1 saturated heterocycles.